The summed E-state index contributed by atoms with van der Waals surface area (Å²) in [7, 11) is 0. The van der Waals surface area contributed by atoms with E-state index in [0.717, 1.165) is 0 Å². The maximum Gasteiger partial charge on any atom is 0.191 e. The minimum absolute atomic E-state index is 0.124. The number of ether oxygens (including phenoxy) is 1. The van der Waals surface area contributed by atoms with Crippen molar-refractivity contribution in [3.05, 3.63) is 30.3 Å². The van der Waals surface area contributed by atoms with Crippen LogP contribution in [-0.2, 0) is 0 Å². The predicted octanol–water partition coefficient (Wildman–Crippen LogP) is 0.755. The first kappa shape index (κ1) is 15.2. The van der Waals surface area contributed by atoms with Crippen LogP contribution >= 0.6 is 11.8 Å². The molecule has 0 aliphatic rings. The molecule has 0 fully saturated rings. The van der Waals surface area contributed by atoms with Crippen molar-refractivity contribution in [3.8, 4) is 5.75 Å². The van der Waals surface area contributed by atoms with Crippen LogP contribution in [0.4, 0.5) is 17.3 Å². The third-order valence-corrected chi connectivity index (χ3v) is 3.49. The second-order valence-corrected chi connectivity index (χ2v) is 5.30. The quantitative estimate of drug-likeness (QED) is 0.349. The van der Waals surface area contributed by atoms with Crippen molar-refractivity contribution >= 4 is 29.1 Å². The molecule has 112 valence electrons. The summed E-state index contributed by atoms with van der Waals surface area (Å²) >= 11 is 1.25. The Morgan fingerprint density at radius 1 is 1.14 bits per heavy atom. The Morgan fingerprint density at radius 3 is 2.48 bits per heavy atom. The summed E-state index contributed by atoms with van der Waals surface area (Å²) in [5.41, 5.74) is 17.4. The first-order valence-electron chi connectivity index (χ1n) is 6.23. The fourth-order valence-electron chi connectivity index (χ4n) is 1.54. The van der Waals surface area contributed by atoms with Crippen LogP contribution in [0.2, 0.25) is 0 Å². The van der Waals surface area contributed by atoms with Gasteiger partial charge in [-0.25, -0.2) is 9.97 Å². The molecule has 1 heterocycles. The molecule has 2 rings (SSSR count). The van der Waals surface area contributed by atoms with Gasteiger partial charge in [0.15, 0.2) is 5.16 Å². The van der Waals surface area contributed by atoms with E-state index in [4.69, 9.17) is 21.9 Å². The first-order chi connectivity index (χ1) is 10.0. The summed E-state index contributed by atoms with van der Waals surface area (Å²) in [5, 5.41) is 10.3. The van der Waals surface area contributed by atoms with Gasteiger partial charge in [-0.15, -0.1) is 0 Å². The molecule has 21 heavy (non-hydrogen) atoms. The minimum atomic E-state index is -0.694. The largest absolute Gasteiger partial charge is 0.489 e. The van der Waals surface area contributed by atoms with Gasteiger partial charge in [-0.2, -0.15) is 0 Å². The SMILES string of the molecule is Nc1cc(N)nc(SCC(O)COc2ccccc2N)n1. The molecule has 0 radical (unpaired) electrons. The number of nitrogen functional groups attached to an aromatic ring is 3. The molecule has 0 saturated heterocycles. The van der Waals surface area contributed by atoms with E-state index in [9.17, 15) is 5.11 Å². The highest BCUT2D eigenvalue weighted by atomic mass is 32.2. The fraction of sp³-hybridized carbons (Fsp3) is 0.231. The minimum Gasteiger partial charge on any atom is -0.489 e. The lowest BCUT2D eigenvalue weighted by Gasteiger charge is -2.13. The van der Waals surface area contributed by atoms with Crippen LogP contribution in [0.5, 0.6) is 5.75 Å². The molecular formula is C13H17N5O2S. The predicted molar refractivity (Wildman–Crippen MR) is 83.9 cm³/mol. The highest BCUT2D eigenvalue weighted by molar-refractivity contribution is 7.99. The number of benzene rings is 1. The first-order valence-corrected chi connectivity index (χ1v) is 7.21. The van der Waals surface area contributed by atoms with E-state index in [1.807, 2.05) is 12.1 Å². The maximum atomic E-state index is 9.90. The van der Waals surface area contributed by atoms with Crippen molar-refractivity contribution in [2.45, 2.75) is 11.3 Å². The number of hydrogen-bond acceptors (Lipinski definition) is 8. The number of aliphatic hydroxyl groups is 1. The second kappa shape index (κ2) is 7.00. The third-order valence-electron chi connectivity index (χ3n) is 2.50. The van der Waals surface area contributed by atoms with E-state index < -0.39 is 6.10 Å². The van der Waals surface area contributed by atoms with Gasteiger partial charge in [-0.3, -0.25) is 0 Å². The number of aromatic nitrogens is 2. The molecule has 0 aliphatic heterocycles. The number of nitrogens with zero attached hydrogens (tertiary/aromatic N) is 2. The van der Waals surface area contributed by atoms with E-state index in [1.54, 1.807) is 12.1 Å². The van der Waals surface area contributed by atoms with Gasteiger partial charge in [0.2, 0.25) is 0 Å². The monoisotopic (exact) mass is 307 g/mol. The second-order valence-electron chi connectivity index (χ2n) is 4.31. The molecule has 0 aliphatic carbocycles. The van der Waals surface area contributed by atoms with Crippen molar-refractivity contribution in [2.24, 2.45) is 0 Å². The zero-order valence-corrected chi connectivity index (χ0v) is 12.1. The molecule has 0 spiro atoms. The molecular weight excluding hydrogens is 290 g/mol. The number of rotatable bonds is 6. The molecule has 1 aromatic heterocycles. The summed E-state index contributed by atoms with van der Waals surface area (Å²) in [6.07, 6.45) is -0.694. The van der Waals surface area contributed by atoms with Crippen LogP contribution in [0.25, 0.3) is 0 Å². The Bertz CT molecular complexity index is 591. The van der Waals surface area contributed by atoms with Crippen molar-refractivity contribution < 1.29 is 9.84 Å². The van der Waals surface area contributed by atoms with Crippen molar-refractivity contribution in [1.82, 2.24) is 9.97 Å². The fourth-order valence-corrected chi connectivity index (χ4v) is 2.32. The van der Waals surface area contributed by atoms with E-state index in [0.29, 0.717) is 34.0 Å². The van der Waals surface area contributed by atoms with Crippen LogP contribution < -0.4 is 21.9 Å². The topological polar surface area (TPSA) is 133 Å². The van der Waals surface area contributed by atoms with Gasteiger partial charge in [0.25, 0.3) is 0 Å². The number of hydrogen-bond donors (Lipinski definition) is 4. The number of aliphatic hydroxyl groups excluding tert-OH is 1. The van der Waals surface area contributed by atoms with Gasteiger partial charge in [0.1, 0.15) is 24.0 Å². The zero-order valence-electron chi connectivity index (χ0n) is 11.3. The normalized spacial score (nSPS) is 12.0. The van der Waals surface area contributed by atoms with E-state index in [2.05, 4.69) is 9.97 Å². The molecule has 0 bridgehead atoms. The van der Waals surface area contributed by atoms with Gasteiger partial charge < -0.3 is 27.0 Å². The molecule has 0 saturated carbocycles. The Kier molecular flexibility index (Phi) is 5.07. The average molecular weight is 307 g/mol. The van der Waals surface area contributed by atoms with Crippen LogP contribution in [0.1, 0.15) is 0 Å². The lowest BCUT2D eigenvalue weighted by molar-refractivity contribution is 0.127. The molecule has 0 amide bonds. The molecule has 1 aromatic carbocycles. The molecule has 8 heteroatoms. The average Bonchev–Trinajstić information content (AvgIpc) is 2.43. The third kappa shape index (κ3) is 4.69. The van der Waals surface area contributed by atoms with Crippen LogP contribution in [-0.4, -0.2) is 33.5 Å². The molecule has 7 nitrogen and oxygen atoms in total. The zero-order chi connectivity index (χ0) is 15.2. The van der Waals surface area contributed by atoms with Crippen molar-refractivity contribution in [3.63, 3.8) is 0 Å². The number of nitrogens with two attached hydrogens (primary N) is 3. The summed E-state index contributed by atoms with van der Waals surface area (Å²) < 4.78 is 5.46. The Morgan fingerprint density at radius 2 is 1.81 bits per heavy atom. The lowest BCUT2D eigenvalue weighted by atomic mass is 10.3. The van der Waals surface area contributed by atoms with Gasteiger partial charge in [-0.1, -0.05) is 23.9 Å². The Balaban J connectivity index is 1.82. The smallest absolute Gasteiger partial charge is 0.191 e. The van der Waals surface area contributed by atoms with Crippen LogP contribution in [0.15, 0.2) is 35.5 Å². The Labute approximate surface area is 126 Å². The van der Waals surface area contributed by atoms with Gasteiger partial charge >= 0.3 is 0 Å². The lowest BCUT2D eigenvalue weighted by Crippen LogP contribution is -2.20. The van der Waals surface area contributed by atoms with Gasteiger partial charge in [0.05, 0.1) is 11.8 Å². The van der Waals surface area contributed by atoms with Crippen LogP contribution in [0, 0.1) is 0 Å². The molecule has 1 atom stereocenters. The standard InChI is InChI=1S/C13H17N5O2S/c14-9-3-1-2-4-10(9)20-6-8(19)7-21-13-17-11(15)5-12(16)18-13/h1-5,8,19H,6-7,14H2,(H4,15,16,17,18). The van der Waals surface area contributed by atoms with E-state index in [-0.39, 0.29) is 6.61 Å². The number of anilines is 3. The summed E-state index contributed by atoms with van der Waals surface area (Å²) in [5.74, 6) is 1.50. The summed E-state index contributed by atoms with van der Waals surface area (Å²) in [6, 6.07) is 8.59. The van der Waals surface area contributed by atoms with Crippen LogP contribution in [0.3, 0.4) is 0 Å². The van der Waals surface area contributed by atoms with Crippen molar-refractivity contribution in [2.75, 3.05) is 29.6 Å². The molecule has 1 unspecified atom stereocenters. The van der Waals surface area contributed by atoms with Gasteiger partial charge in [-0.05, 0) is 12.1 Å². The van der Waals surface area contributed by atoms with E-state index >= 15 is 0 Å². The number of thioether (sulfide) groups is 1. The van der Waals surface area contributed by atoms with Gasteiger partial charge in [0, 0.05) is 11.8 Å². The van der Waals surface area contributed by atoms with Crippen molar-refractivity contribution in [1.29, 1.82) is 0 Å². The molecule has 2 aromatic rings. The maximum absolute atomic E-state index is 9.90. The molecule has 7 N–H and O–H groups in total. The number of para-hydroxylation sites is 2. The highest BCUT2D eigenvalue weighted by Gasteiger charge is 2.10. The highest BCUT2D eigenvalue weighted by Crippen LogP contribution is 2.21. The summed E-state index contributed by atoms with van der Waals surface area (Å²) in [4.78, 5) is 8.03. The summed E-state index contributed by atoms with van der Waals surface area (Å²) in [6.45, 7) is 0.124. The Hall–Kier alpha value is -2.19. The van der Waals surface area contributed by atoms with E-state index in [1.165, 1.54) is 17.8 Å².